The molecule has 2 aliphatic carbocycles. The maximum absolute atomic E-state index is 13.2. The van der Waals surface area contributed by atoms with E-state index in [1.807, 2.05) is 19.9 Å². The summed E-state index contributed by atoms with van der Waals surface area (Å²) in [5.41, 5.74) is 3.53. The Morgan fingerprint density at radius 3 is 2.59 bits per heavy atom. The standard InChI is InChI=1S/C24H29ClN4O2S/c1-22(2)11-18-19(32(22)31)20(28-24(14-30)6-3-7-24)27-21(26-18)29-12-23(13-29)9-15-4-5-17(25)8-16(15)10-23/h4-5,8,30H,3,6-7,9-14H2,1-2H3,(H,26,27,28)/t32-/m1/s1. The monoisotopic (exact) mass is 472 g/mol. The van der Waals surface area contributed by atoms with E-state index in [1.54, 1.807) is 0 Å². The maximum atomic E-state index is 13.2. The van der Waals surface area contributed by atoms with Gasteiger partial charge in [0.2, 0.25) is 5.95 Å². The summed E-state index contributed by atoms with van der Waals surface area (Å²) >= 11 is 6.21. The van der Waals surface area contributed by atoms with E-state index in [0.717, 1.165) is 60.8 Å². The van der Waals surface area contributed by atoms with E-state index < -0.39 is 10.8 Å². The Labute approximate surface area is 196 Å². The number of anilines is 2. The average Bonchev–Trinajstić information content (AvgIpc) is 3.18. The summed E-state index contributed by atoms with van der Waals surface area (Å²) in [6.45, 7) is 5.94. The fourth-order valence-electron chi connectivity index (χ4n) is 5.88. The van der Waals surface area contributed by atoms with Crippen LogP contribution < -0.4 is 10.2 Å². The van der Waals surface area contributed by atoms with Crippen molar-refractivity contribution >= 4 is 34.2 Å². The topological polar surface area (TPSA) is 78.3 Å². The molecule has 2 aliphatic heterocycles. The average molecular weight is 473 g/mol. The van der Waals surface area contributed by atoms with Crippen molar-refractivity contribution in [2.24, 2.45) is 5.41 Å². The molecule has 4 aliphatic rings. The van der Waals surface area contributed by atoms with Crippen LogP contribution in [-0.4, -0.2) is 49.3 Å². The summed E-state index contributed by atoms with van der Waals surface area (Å²) in [7, 11) is -1.18. The van der Waals surface area contributed by atoms with E-state index in [1.165, 1.54) is 11.1 Å². The van der Waals surface area contributed by atoms with Crippen LogP contribution >= 0.6 is 11.6 Å². The zero-order valence-electron chi connectivity index (χ0n) is 18.6. The summed E-state index contributed by atoms with van der Waals surface area (Å²) in [4.78, 5) is 12.8. The molecule has 1 aromatic heterocycles. The lowest BCUT2D eigenvalue weighted by Gasteiger charge is -2.48. The predicted octanol–water partition coefficient (Wildman–Crippen LogP) is 3.50. The molecule has 2 aromatic rings. The molecule has 2 N–H and O–H groups in total. The summed E-state index contributed by atoms with van der Waals surface area (Å²) in [6, 6.07) is 6.25. The van der Waals surface area contributed by atoms with E-state index in [4.69, 9.17) is 21.6 Å². The first-order valence-electron chi connectivity index (χ1n) is 11.5. The van der Waals surface area contributed by atoms with Gasteiger partial charge in [0.1, 0.15) is 10.7 Å². The Bertz CT molecular complexity index is 1140. The molecule has 1 spiro atoms. The molecule has 6 rings (SSSR count). The number of nitrogens with one attached hydrogen (secondary N) is 1. The highest BCUT2D eigenvalue weighted by Crippen LogP contribution is 2.47. The van der Waals surface area contributed by atoms with Gasteiger partial charge in [-0.25, -0.2) is 4.98 Å². The molecule has 1 saturated carbocycles. The molecule has 2 fully saturated rings. The van der Waals surface area contributed by atoms with Crippen molar-refractivity contribution in [3.05, 3.63) is 40.0 Å². The SMILES string of the molecule is CC1(C)Cc2nc(N3CC4(Cc5ccc(Cl)cc5C4)C3)nc(NC3(CO)CCC3)c2[S@]1=O. The molecule has 1 saturated heterocycles. The molecule has 6 nitrogen and oxygen atoms in total. The second-order valence-electron chi connectivity index (χ2n) is 10.9. The summed E-state index contributed by atoms with van der Waals surface area (Å²) in [6.07, 6.45) is 5.68. The van der Waals surface area contributed by atoms with Gasteiger partial charge in [0.05, 0.1) is 33.4 Å². The number of hydrogen-bond donors (Lipinski definition) is 2. The van der Waals surface area contributed by atoms with Gasteiger partial charge in [-0.05, 0) is 69.2 Å². The molecule has 32 heavy (non-hydrogen) atoms. The fourth-order valence-corrected chi connectivity index (χ4v) is 7.50. The van der Waals surface area contributed by atoms with E-state index in [0.29, 0.717) is 18.2 Å². The van der Waals surface area contributed by atoms with Crippen LogP contribution in [0.4, 0.5) is 11.8 Å². The van der Waals surface area contributed by atoms with Gasteiger partial charge in [0.15, 0.2) is 0 Å². The summed E-state index contributed by atoms with van der Waals surface area (Å²) in [5.74, 6) is 1.37. The maximum Gasteiger partial charge on any atom is 0.227 e. The number of fused-ring (bicyclic) bond motifs is 2. The van der Waals surface area contributed by atoms with Crippen LogP contribution in [0.3, 0.4) is 0 Å². The number of rotatable bonds is 4. The van der Waals surface area contributed by atoms with Crippen molar-refractivity contribution in [2.75, 3.05) is 29.9 Å². The summed E-state index contributed by atoms with van der Waals surface area (Å²) in [5, 5.41) is 14.3. The molecule has 1 atom stereocenters. The van der Waals surface area contributed by atoms with E-state index >= 15 is 0 Å². The van der Waals surface area contributed by atoms with Gasteiger partial charge in [-0.15, -0.1) is 0 Å². The van der Waals surface area contributed by atoms with E-state index in [2.05, 4.69) is 22.3 Å². The molecule has 0 unspecified atom stereocenters. The number of halogens is 1. The number of hydrogen-bond acceptors (Lipinski definition) is 6. The molecule has 8 heteroatoms. The third-order valence-electron chi connectivity index (χ3n) is 7.84. The van der Waals surface area contributed by atoms with Gasteiger partial charge < -0.3 is 15.3 Å². The first-order valence-corrected chi connectivity index (χ1v) is 13.0. The number of aromatic nitrogens is 2. The van der Waals surface area contributed by atoms with Crippen molar-refractivity contribution < 1.29 is 9.32 Å². The van der Waals surface area contributed by atoms with Gasteiger partial charge >= 0.3 is 0 Å². The largest absolute Gasteiger partial charge is 0.394 e. The Morgan fingerprint density at radius 1 is 1.16 bits per heavy atom. The Morgan fingerprint density at radius 2 is 1.91 bits per heavy atom. The lowest BCUT2D eigenvalue weighted by molar-refractivity contribution is 0.143. The number of aliphatic hydroxyl groups is 1. The minimum atomic E-state index is -1.18. The van der Waals surface area contributed by atoms with Crippen molar-refractivity contribution in [3.63, 3.8) is 0 Å². The Hall–Kier alpha value is -1.70. The lowest BCUT2D eigenvalue weighted by atomic mass is 9.77. The van der Waals surface area contributed by atoms with E-state index in [9.17, 15) is 9.32 Å². The van der Waals surface area contributed by atoms with Crippen LogP contribution in [0.15, 0.2) is 23.1 Å². The minimum absolute atomic E-state index is 0.0603. The van der Waals surface area contributed by atoms with Crippen molar-refractivity contribution in [3.8, 4) is 0 Å². The van der Waals surface area contributed by atoms with Crippen LogP contribution in [0.25, 0.3) is 0 Å². The predicted molar refractivity (Wildman–Crippen MR) is 127 cm³/mol. The first kappa shape index (κ1) is 20.9. The van der Waals surface area contributed by atoms with Gasteiger partial charge in [0.25, 0.3) is 0 Å². The quantitative estimate of drug-likeness (QED) is 0.709. The zero-order chi connectivity index (χ0) is 22.3. The van der Waals surface area contributed by atoms with Crippen LogP contribution in [-0.2, 0) is 30.1 Å². The number of aliphatic hydroxyl groups excluding tert-OH is 1. The normalized spacial score (nSPS) is 25.8. The van der Waals surface area contributed by atoms with Gasteiger partial charge in [0, 0.05) is 29.9 Å². The molecule has 3 heterocycles. The number of nitrogens with zero attached hydrogens (tertiary/aromatic N) is 3. The Balaban J connectivity index is 1.30. The summed E-state index contributed by atoms with van der Waals surface area (Å²) < 4.78 is 12.9. The van der Waals surface area contributed by atoms with Crippen molar-refractivity contribution in [2.45, 2.75) is 67.6 Å². The van der Waals surface area contributed by atoms with Gasteiger partial charge in [-0.1, -0.05) is 17.7 Å². The van der Waals surface area contributed by atoms with Gasteiger partial charge in [-0.2, -0.15) is 4.98 Å². The fraction of sp³-hybridized carbons (Fsp3) is 0.583. The second-order valence-corrected chi connectivity index (χ2v) is 13.4. The minimum Gasteiger partial charge on any atom is -0.394 e. The smallest absolute Gasteiger partial charge is 0.227 e. The Kier molecular flexibility index (Phi) is 4.50. The highest BCUT2D eigenvalue weighted by atomic mass is 35.5. The molecule has 0 bridgehead atoms. The molecular formula is C24H29ClN4O2S. The molecule has 0 radical (unpaired) electrons. The zero-order valence-corrected chi connectivity index (χ0v) is 20.2. The highest BCUT2D eigenvalue weighted by molar-refractivity contribution is 7.87. The third-order valence-corrected chi connectivity index (χ3v) is 10.0. The number of benzene rings is 1. The van der Waals surface area contributed by atoms with Crippen LogP contribution in [0.2, 0.25) is 5.02 Å². The molecule has 170 valence electrons. The van der Waals surface area contributed by atoms with Crippen LogP contribution in [0, 0.1) is 5.41 Å². The van der Waals surface area contributed by atoms with Gasteiger partial charge in [-0.3, -0.25) is 4.21 Å². The molecular weight excluding hydrogens is 444 g/mol. The van der Waals surface area contributed by atoms with Crippen LogP contribution in [0.1, 0.15) is 49.9 Å². The lowest BCUT2D eigenvalue weighted by Crippen LogP contribution is -2.58. The van der Waals surface area contributed by atoms with Crippen molar-refractivity contribution in [1.29, 1.82) is 0 Å². The van der Waals surface area contributed by atoms with Crippen LogP contribution in [0.5, 0.6) is 0 Å². The third kappa shape index (κ3) is 3.11. The van der Waals surface area contributed by atoms with E-state index in [-0.39, 0.29) is 22.3 Å². The highest BCUT2D eigenvalue weighted by Gasteiger charge is 2.49. The second kappa shape index (κ2) is 6.90. The molecule has 1 aromatic carbocycles. The first-order chi connectivity index (χ1) is 15.2. The van der Waals surface area contributed by atoms with Crippen molar-refractivity contribution in [1.82, 2.24) is 9.97 Å². The molecule has 0 amide bonds.